The molecule has 0 atom stereocenters. The van der Waals surface area contributed by atoms with Crippen LogP contribution in [0.5, 0.6) is 11.5 Å². The zero-order valence-corrected chi connectivity index (χ0v) is 13.9. The predicted octanol–water partition coefficient (Wildman–Crippen LogP) is 5.28. The van der Waals surface area contributed by atoms with E-state index in [1.165, 1.54) is 0 Å². The van der Waals surface area contributed by atoms with Crippen LogP contribution in [0.4, 0.5) is 5.69 Å². The van der Waals surface area contributed by atoms with E-state index in [9.17, 15) is 4.79 Å². The fourth-order valence-corrected chi connectivity index (χ4v) is 2.62. The molecule has 0 aliphatic heterocycles. The summed E-state index contributed by atoms with van der Waals surface area (Å²) in [5.41, 5.74) is 1.87. The first-order valence-electron chi connectivity index (χ1n) is 8.28. The van der Waals surface area contributed by atoms with Gasteiger partial charge in [-0.3, -0.25) is 4.79 Å². The van der Waals surface area contributed by atoms with Crippen molar-refractivity contribution in [3.8, 4) is 11.5 Å². The minimum absolute atomic E-state index is 0.243. The first-order chi connectivity index (χ1) is 12.8. The number of para-hydroxylation sites is 2. The molecule has 0 bridgehead atoms. The quantitative estimate of drug-likeness (QED) is 0.550. The zero-order chi connectivity index (χ0) is 17.8. The fraction of sp³-hybridized carbons (Fsp3) is 0. The van der Waals surface area contributed by atoms with Crippen LogP contribution in [0.2, 0.25) is 0 Å². The molecule has 126 valence electrons. The van der Waals surface area contributed by atoms with Crippen LogP contribution in [0.15, 0.2) is 91.0 Å². The number of hydrogen-bond acceptors (Lipinski definition) is 3. The van der Waals surface area contributed by atoms with Crippen molar-refractivity contribution in [1.29, 1.82) is 0 Å². The van der Waals surface area contributed by atoms with Crippen molar-refractivity contribution in [2.24, 2.45) is 0 Å². The first kappa shape index (κ1) is 15.8. The normalized spacial score (nSPS) is 10.5. The van der Waals surface area contributed by atoms with Crippen LogP contribution >= 0.6 is 0 Å². The van der Waals surface area contributed by atoms with Crippen LogP contribution in [0.1, 0.15) is 10.5 Å². The van der Waals surface area contributed by atoms with Crippen LogP contribution < -0.4 is 10.1 Å². The Morgan fingerprint density at radius 2 is 1.42 bits per heavy atom. The molecule has 1 N–H and O–H groups in total. The lowest BCUT2D eigenvalue weighted by Gasteiger charge is -2.08. The number of carbonyl (C=O) groups is 1. The number of hydrogen-bond donors (Lipinski definition) is 1. The Labute approximate surface area is 151 Å². The number of rotatable bonds is 4. The third-order valence-electron chi connectivity index (χ3n) is 3.92. The molecule has 4 nitrogen and oxygen atoms in total. The Morgan fingerprint density at radius 1 is 0.731 bits per heavy atom. The van der Waals surface area contributed by atoms with Gasteiger partial charge in [0.15, 0.2) is 0 Å². The molecule has 1 amide bonds. The molecule has 0 radical (unpaired) electrons. The van der Waals surface area contributed by atoms with E-state index < -0.39 is 0 Å². The van der Waals surface area contributed by atoms with Gasteiger partial charge in [-0.25, -0.2) is 4.98 Å². The van der Waals surface area contributed by atoms with E-state index >= 15 is 0 Å². The van der Waals surface area contributed by atoms with Gasteiger partial charge in [0.25, 0.3) is 5.91 Å². The predicted molar refractivity (Wildman–Crippen MR) is 103 cm³/mol. The van der Waals surface area contributed by atoms with Crippen molar-refractivity contribution in [1.82, 2.24) is 4.98 Å². The Hall–Kier alpha value is -3.66. The number of benzene rings is 3. The number of aromatic nitrogens is 1. The van der Waals surface area contributed by atoms with Crippen molar-refractivity contribution in [2.45, 2.75) is 0 Å². The largest absolute Gasteiger partial charge is 0.457 e. The van der Waals surface area contributed by atoms with Gasteiger partial charge in [-0.2, -0.15) is 0 Å². The fourth-order valence-electron chi connectivity index (χ4n) is 2.62. The Balaban J connectivity index is 1.46. The smallest absolute Gasteiger partial charge is 0.274 e. The zero-order valence-electron chi connectivity index (χ0n) is 13.9. The molecule has 0 spiro atoms. The standard InChI is InChI=1S/C22H16N2O2/c25-22(21-15-10-16-6-4-5-9-20(16)24-21)23-17-11-13-19(14-12-17)26-18-7-2-1-3-8-18/h1-15H,(H,23,25). The summed E-state index contributed by atoms with van der Waals surface area (Å²) in [4.78, 5) is 16.8. The lowest BCUT2D eigenvalue weighted by atomic mass is 10.2. The first-order valence-corrected chi connectivity index (χ1v) is 8.28. The van der Waals surface area contributed by atoms with Gasteiger partial charge >= 0.3 is 0 Å². The van der Waals surface area contributed by atoms with Gasteiger partial charge in [0, 0.05) is 11.1 Å². The van der Waals surface area contributed by atoms with E-state index in [1.807, 2.05) is 72.8 Å². The molecule has 4 heteroatoms. The summed E-state index contributed by atoms with van der Waals surface area (Å²) in [6, 6.07) is 28.1. The lowest BCUT2D eigenvalue weighted by Crippen LogP contribution is -2.13. The number of anilines is 1. The van der Waals surface area contributed by atoms with Crippen molar-refractivity contribution >= 4 is 22.5 Å². The summed E-state index contributed by atoms with van der Waals surface area (Å²) in [6.45, 7) is 0. The summed E-state index contributed by atoms with van der Waals surface area (Å²) < 4.78 is 5.75. The molecular formula is C22H16N2O2. The van der Waals surface area contributed by atoms with Crippen molar-refractivity contribution in [2.75, 3.05) is 5.32 Å². The molecule has 1 aromatic heterocycles. The maximum absolute atomic E-state index is 12.4. The van der Waals surface area contributed by atoms with Crippen molar-refractivity contribution in [3.05, 3.63) is 96.7 Å². The average Bonchev–Trinajstić information content (AvgIpc) is 2.70. The van der Waals surface area contributed by atoms with Crippen molar-refractivity contribution < 1.29 is 9.53 Å². The molecule has 4 rings (SSSR count). The third-order valence-corrected chi connectivity index (χ3v) is 3.92. The highest BCUT2D eigenvalue weighted by molar-refractivity contribution is 6.04. The number of carbonyl (C=O) groups excluding carboxylic acids is 1. The van der Waals surface area contributed by atoms with Gasteiger partial charge < -0.3 is 10.1 Å². The third kappa shape index (κ3) is 3.54. The van der Waals surface area contributed by atoms with E-state index in [-0.39, 0.29) is 5.91 Å². The number of amides is 1. The maximum Gasteiger partial charge on any atom is 0.274 e. The summed E-state index contributed by atoms with van der Waals surface area (Å²) in [5, 5.41) is 3.86. The lowest BCUT2D eigenvalue weighted by molar-refractivity contribution is 0.102. The number of nitrogens with zero attached hydrogens (tertiary/aromatic N) is 1. The molecule has 0 fully saturated rings. The Bertz CT molecular complexity index is 1040. The van der Waals surface area contributed by atoms with E-state index in [0.717, 1.165) is 16.7 Å². The second-order valence-electron chi connectivity index (χ2n) is 5.78. The average molecular weight is 340 g/mol. The monoisotopic (exact) mass is 340 g/mol. The van der Waals surface area contributed by atoms with Crippen LogP contribution in [0.3, 0.4) is 0 Å². The molecular weight excluding hydrogens is 324 g/mol. The number of fused-ring (bicyclic) bond motifs is 1. The Morgan fingerprint density at radius 3 is 2.23 bits per heavy atom. The minimum Gasteiger partial charge on any atom is -0.457 e. The van der Waals surface area contributed by atoms with E-state index in [2.05, 4.69) is 10.3 Å². The molecule has 0 aliphatic rings. The van der Waals surface area contributed by atoms with Crippen LogP contribution in [0.25, 0.3) is 10.9 Å². The van der Waals surface area contributed by atoms with Crippen LogP contribution in [0, 0.1) is 0 Å². The van der Waals surface area contributed by atoms with E-state index in [1.54, 1.807) is 18.2 Å². The SMILES string of the molecule is O=C(Nc1ccc(Oc2ccccc2)cc1)c1ccc2ccccc2n1. The van der Waals surface area contributed by atoms with E-state index in [0.29, 0.717) is 17.1 Å². The van der Waals surface area contributed by atoms with Gasteiger partial charge in [0.2, 0.25) is 0 Å². The Kier molecular flexibility index (Phi) is 4.31. The summed E-state index contributed by atoms with van der Waals surface area (Å²) in [6.07, 6.45) is 0. The molecule has 3 aromatic carbocycles. The second-order valence-corrected chi connectivity index (χ2v) is 5.78. The minimum atomic E-state index is -0.243. The molecule has 1 heterocycles. The summed E-state index contributed by atoms with van der Waals surface area (Å²) in [5.74, 6) is 1.23. The summed E-state index contributed by atoms with van der Waals surface area (Å²) >= 11 is 0. The van der Waals surface area contributed by atoms with Crippen LogP contribution in [-0.2, 0) is 0 Å². The van der Waals surface area contributed by atoms with E-state index in [4.69, 9.17) is 4.74 Å². The molecule has 26 heavy (non-hydrogen) atoms. The second kappa shape index (κ2) is 7.07. The molecule has 0 aliphatic carbocycles. The molecule has 0 unspecified atom stereocenters. The molecule has 0 saturated heterocycles. The van der Waals surface area contributed by atoms with Gasteiger partial charge in [-0.15, -0.1) is 0 Å². The highest BCUT2D eigenvalue weighted by Crippen LogP contribution is 2.23. The van der Waals surface area contributed by atoms with Gasteiger partial charge in [0.05, 0.1) is 5.52 Å². The molecule has 0 saturated carbocycles. The topological polar surface area (TPSA) is 51.2 Å². The number of ether oxygens (including phenoxy) is 1. The highest BCUT2D eigenvalue weighted by Gasteiger charge is 2.09. The molecule has 4 aromatic rings. The number of nitrogens with one attached hydrogen (secondary N) is 1. The van der Waals surface area contributed by atoms with Gasteiger partial charge in [-0.1, -0.05) is 42.5 Å². The maximum atomic E-state index is 12.4. The van der Waals surface area contributed by atoms with Crippen molar-refractivity contribution in [3.63, 3.8) is 0 Å². The van der Waals surface area contributed by atoms with Gasteiger partial charge in [0.1, 0.15) is 17.2 Å². The van der Waals surface area contributed by atoms with Crippen LogP contribution in [-0.4, -0.2) is 10.9 Å². The highest BCUT2D eigenvalue weighted by atomic mass is 16.5. The van der Waals surface area contributed by atoms with Gasteiger partial charge in [-0.05, 0) is 48.5 Å². The summed E-state index contributed by atoms with van der Waals surface area (Å²) in [7, 11) is 0. The number of pyridine rings is 1.